The molecule has 1 unspecified atom stereocenters. The molecule has 0 saturated carbocycles. The fraction of sp³-hybridized carbons (Fsp3) is 0.286. The van der Waals surface area contributed by atoms with E-state index in [9.17, 15) is 29.4 Å². The van der Waals surface area contributed by atoms with Gasteiger partial charge in [0.15, 0.2) is 28.8 Å². The topological polar surface area (TPSA) is 160 Å². The summed E-state index contributed by atoms with van der Waals surface area (Å²) in [6.07, 6.45) is 1.12. The molecule has 0 aromatic heterocycles. The van der Waals surface area contributed by atoms with E-state index in [0.717, 1.165) is 11.6 Å². The third kappa shape index (κ3) is 3.97. The molecule has 2 aromatic carbocycles. The molecule has 11 heteroatoms. The summed E-state index contributed by atoms with van der Waals surface area (Å²) in [5.41, 5.74) is -1.05. The molecule has 2 aromatic rings. The van der Waals surface area contributed by atoms with E-state index in [2.05, 4.69) is 10.6 Å². The molecule has 0 saturated heterocycles. The molecule has 1 amide bonds. The number of hydrogen-bond acceptors (Lipinski definition) is 10. The molecule has 3 aliphatic rings. The smallest absolute Gasteiger partial charge is 0.239 e. The van der Waals surface area contributed by atoms with Crippen molar-refractivity contribution in [3.63, 3.8) is 0 Å². The lowest BCUT2D eigenvalue weighted by Crippen LogP contribution is -2.42. The number of amides is 1. The van der Waals surface area contributed by atoms with Crippen molar-refractivity contribution in [1.82, 2.24) is 10.6 Å². The number of fused-ring (bicyclic) bond motifs is 4. The summed E-state index contributed by atoms with van der Waals surface area (Å²) in [4.78, 5) is 51.6. The number of Topliss-reactive ketones (excluding diaryl/α,β-unsaturated/α-hetero) is 2. The van der Waals surface area contributed by atoms with Crippen LogP contribution in [0.4, 0.5) is 0 Å². The van der Waals surface area contributed by atoms with E-state index in [1.807, 2.05) is 0 Å². The summed E-state index contributed by atoms with van der Waals surface area (Å²) < 4.78 is 16.4. The molecule has 0 spiro atoms. The molecule has 2 heterocycles. The first-order valence-electron chi connectivity index (χ1n) is 12.1. The summed E-state index contributed by atoms with van der Waals surface area (Å²) in [5.74, 6) is -2.10. The van der Waals surface area contributed by atoms with Crippen LogP contribution < -0.4 is 24.8 Å². The molecule has 5 rings (SSSR count). The number of allylic oxidation sites excluding steroid dienone is 4. The number of carbonyl (C=O) groups excluding carboxylic acids is 4. The van der Waals surface area contributed by atoms with Crippen LogP contribution in [-0.4, -0.2) is 46.8 Å². The van der Waals surface area contributed by atoms with Crippen LogP contribution in [-0.2, 0) is 26.3 Å². The number of nitrogens with one attached hydrogen (secondary N) is 2. The third-order valence-corrected chi connectivity index (χ3v) is 7.20. The summed E-state index contributed by atoms with van der Waals surface area (Å²) >= 11 is 0. The Morgan fingerprint density at radius 2 is 1.77 bits per heavy atom. The number of benzene rings is 2. The van der Waals surface area contributed by atoms with Crippen LogP contribution in [0, 0.1) is 6.92 Å². The highest BCUT2D eigenvalue weighted by Crippen LogP contribution is 2.57. The monoisotopic (exact) mass is 534 g/mol. The Kier molecular flexibility index (Phi) is 6.09. The van der Waals surface area contributed by atoms with Crippen molar-refractivity contribution in [3.05, 3.63) is 63.6 Å². The Hall–Kier alpha value is -4.80. The van der Waals surface area contributed by atoms with Crippen molar-refractivity contribution >= 4 is 23.3 Å². The number of rotatable bonds is 6. The van der Waals surface area contributed by atoms with Gasteiger partial charge in [-0.1, -0.05) is 6.07 Å². The lowest BCUT2D eigenvalue weighted by Gasteiger charge is -2.29. The third-order valence-electron chi connectivity index (χ3n) is 7.20. The van der Waals surface area contributed by atoms with Gasteiger partial charge in [0, 0.05) is 23.9 Å². The van der Waals surface area contributed by atoms with Crippen molar-refractivity contribution in [2.75, 3.05) is 13.3 Å². The average molecular weight is 535 g/mol. The molecule has 2 aliphatic heterocycles. The van der Waals surface area contributed by atoms with Crippen LogP contribution in [0.25, 0.3) is 0 Å². The minimum absolute atomic E-state index is 0.00137. The fourth-order valence-electron chi connectivity index (χ4n) is 4.98. The second-order valence-electron chi connectivity index (χ2n) is 9.70. The van der Waals surface area contributed by atoms with Crippen molar-refractivity contribution < 1.29 is 43.6 Å². The highest BCUT2D eigenvalue weighted by atomic mass is 16.7. The number of aromatic hydroxyl groups is 2. The Balaban J connectivity index is 1.37. The van der Waals surface area contributed by atoms with E-state index in [1.54, 1.807) is 18.2 Å². The van der Waals surface area contributed by atoms with Crippen LogP contribution >= 0.6 is 0 Å². The first-order valence-corrected chi connectivity index (χ1v) is 12.1. The highest BCUT2D eigenvalue weighted by Gasteiger charge is 2.56. The van der Waals surface area contributed by atoms with Gasteiger partial charge in [-0.15, -0.1) is 0 Å². The second kappa shape index (κ2) is 9.19. The average Bonchev–Trinajstić information content (AvgIpc) is 3.47. The van der Waals surface area contributed by atoms with Gasteiger partial charge in [0.1, 0.15) is 34.0 Å². The van der Waals surface area contributed by atoms with Gasteiger partial charge in [-0.2, -0.15) is 0 Å². The molecule has 1 atom stereocenters. The molecule has 0 fully saturated rings. The van der Waals surface area contributed by atoms with Crippen LogP contribution in [0.3, 0.4) is 0 Å². The van der Waals surface area contributed by atoms with Crippen LogP contribution in [0.15, 0.2) is 41.3 Å². The van der Waals surface area contributed by atoms with Gasteiger partial charge in [-0.25, -0.2) is 0 Å². The molecule has 1 aliphatic carbocycles. The van der Waals surface area contributed by atoms with Crippen LogP contribution in [0.5, 0.6) is 28.7 Å². The van der Waals surface area contributed by atoms with E-state index in [-0.39, 0.29) is 65.3 Å². The zero-order chi connectivity index (χ0) is 28.2. The van der Waals surface area contributed by atoms with E-state index in [0.29, 0.717) is 11.5 Å². The van der Waals surface area contributed by atoms with Gasteiger partial charge < -0.3 is 35.1 Å². The van der Waals surface area contributed by atoms with Gasteiger partial charge in [-0.05, 0) is 45.4 Å². The molecule has 11 nitrogen and oxygen atoms in total. The van der Waals surface area contributed by atoms with Crippen molar-refractivity contribution in [2.45, 2.75) is 39.7 Å². The number of phenols is 2. The molecule has 0 bridgehead atoms. The van der Waals surface area contributed by atoms with Crippen LogP contribution in [0.1, 0.15) is 47.8 Å². The minimum Gasteiger partial charge on any atom is -0.507 e. The lowest BCUT2D eigenvalue weighted by molar-refractivity contribution is -0.124. The predicted molar refractivity (Wildman–Crippen MR) is 136 cm³/mol. The first-order chi connectivity index (χ1) is 18.4. The Labute approximate surface area is 223 Å². The number of ether oxygens (including phenoxy) is 3. The Morgan fingerprint density at radius 3 is 2.49 bits per heavy atom. The number of hydrogen-bond donors (Lipinski definition) is 4. The maximum absolute atomic E-state index is 13.8. The molecule has 0 radical (unpaired) electrons. The zero-order valence-corrected chi connectivity index (χ0v) is 21.7. The quantitative estimate of drug-likeness (QED) is 0.246. The lowest BCUT2D eigenvalue weighted by atomic mass is 9.70. The normalized spacial score (nSPS) is 20.1. The summed E-state index contributed by atoms with van der Waals surface area (Å²) in [5, 5.41) is 26.9. The standard InChI is InChI=1S/C28H26N2O9/c1-12-24(34)22(14(3)31)26-23(25(12)35)28(4)19(39-26)8-16(32)21(27(28)36)13(2)29-10-20(33)30-9-15-5-6-17-18(7-15)38-11-37-17/h5-8,29,34-35H,9-11H2,1-4H3,(H,30,33). The molecule has 39 heavy (non-hydrogen) atoms. The van der Waals surface area contributed by atoms with Gasteiger partial charge >= 0.3 is 0 Å². The second-order valence-corrected chi connectivity index (χ2v) is 9.70. The van der Waals surface area contributed by atoms with Crippen molar-refractivity contribution in [2.24, 2.45) is 0 Å². The van der Waals surface area contributed by atoms with Crippen molar-refractivity contribution in [3.8, 4) is 28.7 Å². The number of carbonyl (C=O) groups is 4. The van der Waals surface area contributed by atoms with E-state index in [1.165, 1.54) is 27.7 Å². The maximum atomic E-state index is 13.8. The summed E-state index contributed by atoms with van der Waals surface area (Å²) in [7, 11) is 0. The maximum Gasteiger partial charge on any atom is 0.239 e. The number of ketones is 3. The van der Waals surface area contributed by atoms with Gasteiger partial charge in [0.25, 0.3) is 0 Å². The fourth-order valence-corrected chi connectivity index (χ4v) is 4.98. The van der Waals surface area contributed by atoms with Gasteiger partial charge in [-0.3, -0.25) is 19.2 Å². The van der Waals surface area contributed by atoms with Gasteiger partial charge in [0.05, 0.1) is 17.7 Å². The predicted octanol–water partition coefficient (Wildman–Crippen LogP) is 2.20. The molecule has 4 N–H and O–H groups in total. The molecular weight excluding hydrogens is 508 g/mol. The zero-order valence-electron chi connectivity index (χ0n) is 21.7. The Bertz CT molecular complexity index is 1550. The van der Waals surface area contributed by atoms with Gasteiger partial charge in [0.2, 0.25) is 12.7 Å². The van der Waals surface area contributed by atoms with Crippen LogP contribution in [0.2, 0.25) is 0 Å². The molecular formula is C28H26N2O9. The highest BCUT2D eigenvalue weighted by molar-refractivity contribution is 6.31. The van der Waals surface area contributed by atoms with E-state index >= 15 is 0 Å². The SMILES string of the molecule is CC(=O)c1c(O)c(C)c(O)c2c1OC1=CC(=O)C(=C(C)NCC(=O)NCc3ccc4c(c3)OCO4)C(=O)C12C. The van der Waals surface area contributed by atoms with E-state index in [4.69, 9.17) is 14.2 Å². The molecule has 202 valence electrons. The van der Waals surface area contributed by atoms with E-state index < -0.39 is 34.3 Å². The minimum atomic E-state index is -1.63. The van der Waals surface area contributed by atoms with Crippen molar-refractivity contribution in [1.29, 1.82) is 0 Å². The number of phenolic OH excluding ortho intramolecular Hbond substituents is 2. The summed E-state index contributed by atoms with van der Waals surface area (Å²) in [6.45, 7) is 5.77. The summed E-state index contributed by atoms with van der Waals surface area (Å²) in [6, 6.07) is 5.32. The largest absolute Gasteiger partial charge is 0.507 e. The first kappa shape index (κ1) is 25.8. The Morgan fingerprint density at radius 1 is 1.05 bits per heavy atom.